The van der Waals surface area contributed by atoms with Gasteiger partial charge in [0.15, 0.2) is 18.5 Å². The van der Waals surface area contributed by atoms with E-state index in [-0.39, 0.29) is 102 Å². The molecule has 17 nitrogen and oxygen atoms in total. The number of aldehydes is 1. The summed E-state index contributed by atoms with van der Waals surface area (Å²) in [6.45, 7) is 21.8. The number of rotatable bonds is 30. The summed E-state index contributed by atoms with van der Waals surface area (Å²) in [5, 5.41) is 0. The number of carbonyl (C=O) groups is 8. The van der Waals surface area contributed by atoms with E-state index in [9.17, 15) is 38.4 Å². The molecule has 1 rings (SSSR count). The smallest absolute Gasteiger partial charge is 0.333 e. The quantitative estimate of drug-likeness (QED) is 0.0206. The second-order valence-corrected chi connectivity index (χ2v) is 14.6. The number of ether oxygens (including phenoxy) is 9. The molecule has 0 amide bonds. The number of carbonyl (C=O) groups excluding carboxylic acids is 8. The molecule has 1 fully saturated rings. The SMILES string of the molecule is C.C=C(C)C(=O)OCCCCC(=O)O[C@H]1[C@H](OC(=O)CCCCOC(=O)C(=C)C)COC(OC(=O)CCCCOC(C)(C=O)C(=C)C)[C@@H]1OC(=O)CCCCOC(=O)C(=C)C. The van der Waals surface area contributed by atoms with E-state index in [0.29, 0.717) is 37.5 Å². The van der Waals surface area contributed by atoms with E-state index in [1.165, 1.54) is 20.8 Å². The molecule has 0 saturated carbocycles. The molecule has 1 saturated heterocycles. The van der Waals surface area contributed by atoms with Crippen molar-refractivity contribution in [3.05, 3.63) is 48.6 Å². The topological polar surface area (TPSA) is 220 Å². The lowest BCUT2D eigenvalue weighted by atomic mass is 10.0. The molecule has 0 N–H and O–H groups in total. The van der Waals surface area contributed by atoms with Crippen molar-refractivity contribution in [1.82, 2.24) is 0 Å². The van der Waals surface area contributed by atoms with Crippen LogP contribution in [0.1, 0.15) is 119 Å². The Morgan fingerprint density at radius 3 is 1.30 bits per heavy atom. The molecule has 0 radical (unpaired) electrons. The molecule has 0 aliphatic carbocycles. The Labute approximate surface area is 359 Å². The van der Waals surface area contributed by atoms with Crippen molar-refractivity contribution in [2.45, 2.75) is 149 Å². The van der Waals surface area contributed by atoms with Gasteiger partial charge in [-0.2, -0.15) is 0 Å². The van der Waals surface area contributed by atoms with Crippen LogP contribution >= 0.6 is 0 Å². The normalized spacial score (nSPS) is 17.7. The minimum absolute atomic E-state index is 0. The van der Waals surface area contributed by atoms with E-state index < -0.39 is 78.6 Å². The zero-order valence-electron chi connectivity index (χ0n) is 35.7. The van der Waals surface area contributed by atoms with Crippen molar-refractivity contribution in [3.8, 4) is 0 Å². The summed E-state index contributed by atoms with van der Waals surface area (Å²) in [5.41, 5.74) is 0.0106. The maximum Gasteiger partial charge on any atom is 0.333 e. The van der Waals surface area contributed by atoms with Crippen molar-refractivity contribution in [1.29, 1.82) is 0 Å². The Morgan fingerprint density at radius 1 is 0.557 bits per heavy atom. The summed E-state index contributed by atoms with van der Waals surface area (Å²) in [5.74, 6) is -4.78. The molecule has 0 aromatic carbocycles. The van der Waals surface area contributed by atoms with E-state index in [1.807, 2.05) is 0 Å². The zero-order valence-corrected chi connectivity index (χ0v) is 35.7. The average Bonchev–Trinajstić information content (AvgIpc) is 3.18. The third-order valence-electron chi connectivity index (χ3n) is 8.77. The number of unbranched alkanes of at least 4 members (excludes halogenated alkanes) is 4. The first-order chi connectivity index (χ1) is 28.3. The first kappa shape index (κ1) is 55.8. The lowest BCUT2D eigenvalue weighted by Gasteiger charge is -2.40. The van der Waals surface area contributed by atoms with E-state index in [0.717, 1.165) is 0 Å². The molecular weight excluding hydrogens is 800 g/mol. The molecule has 0 bridgehead atoms. The maximum absolute atomic E-state index is 13.2. The van der Waals surface area contributed by atoms with Crippen LogP contribution in [0.15, 0.2) is 48.6 Å². The van der Waals surface area contributed by atoms with Gasteiger partial charge in [0.2, 0.25) is 12.4 Å². The second-order valence-electron chi connectivity index (χ2n) is 14.6. The molecule has 0 aromatic rings. The van der Waals surface area contributed by atoms with E-state index >= 15 is 0 Å². The van der Waals surface area contributed by atoms with Gasteiger partial charge in [-0.15, -0.1) is 0 Å². The molecule has 61 heavy (non-hydrogen) atoms. The van der Waals surface area contributed by atoms with E-state index in [4.69, 9.17) is 42.6 Å². The van der Waals surface area contributed by atoms with Crippen LogP contribution in [0, 0.1) is 0 Å². The highest BCUT2D eigenvalue weighted by molar-refractivity contribution is 5.87. The first-order valence-corrected chi connectivity index (χ1v) is 19.9. The Balaban J connectivity index is 0.0000360. The highest BCUT2D eigenvalue weighted by atomic mass is 16.7. The monoisotopic (exact) mass is 866 g/mol. The maximum atomic E-state index is 13.2. The summed E-state index contributed by atoms with van der Waals surface area (Å²) in [4.78, 5) is 99.1. The van der Waals surface area contributed by atoms with Crippen molar-refractivity contribution in [2.75, 3.05) is 33.0 Å². The highest BCUT2D eigenvalue weighted by Crippen LogP contribution is 2.27. The van der Waals surface area contributed by atoms with Crippen LogP contribution in [0.2, 0.25) is 0 Å². The van der Waals surface area contributed by atoms with Crippen LogP contribution in [0.25, 0.3) is 0 Å². The van der Waals surface area contributed by atoms with Gasteiger partial charge in [0.25, 0.3) is 0 Å². The lowest BCUT2D eigenvalue weighted by molar-refractivity contribution is -0.275. The van der Waals surface area contributed by atoms with E-state index in [2.05, 4.69) is 26.3 Å². The molecule has 0 spiro atoms. The predicted octanol–water partition coefficient (Wildman–Crippen LogP) is 5.85. The van der Waals surface area contributed by atoms with Gasteiger partial charge in [0.05, 0.1) is 26.4 Å². The standard InChI is InChI=1S/C43H62O17.CH4/c1-28(2)39(49)52-22-14-10-18-33(45)57-32-26-55-42(60-36(48)21-13-17-25-56-43(9,27-44)31(7)8)38(59-35(47)20-12-16-24-54-41(51)30(5)6)37(32)58-34(46)19-11-15-23-53-40(50)29(3)4;/h27,32,37-38,42H,1,3,5,7,10-26H2,2,4,6,8-9H3;1H4/t32-,37+,38-,42?,43?;/m1./s1. The minimum Gasteiger partial charge on any atom is -0.462 e. The molecule has 1 aliphatic rings. The van der Waals surface area contributed by atoms with Crippen LogP contribution in [-0.2, 0) is 81.0 Å². The molecule has 344 valence electrons. The molecule has 5 atom stereocenters. The van der Waals surface area contributed by atoms with Crippen LogP contribution < -0.4 is 0 Å². The van der Waals surface area contributed by atoms with Gasteiger partial charge in [-0.3, -0.25) is 24.0 Å². The Bertz CT molecular complexity index is 1550. The highest BCUT2D eigenvalue weighted by Gasteiger charge is 2.49. The van der Waals surface area contributed by atoms with Crippen molar-refractivity contribution in [3.63, 3.8) is 0 Å². The number of hydrogen-bond acceptors (Lipinski definition) is 17. The Morgan fingerprint density at radius 2 is 0.918 bits per heavy atom. The number of esters is 7. The number of hydrogen-bond donors (Lipinski definition) is 0. The Hall–Kier alpha value is -5.16. The van der Waals surface area contributed by atoms with Crippen LogP contribution in [0.5, 0.6) is 0 Å². The second kappa shape index (κ2) is 30.0. The van der Waals surface area contributed by atoms with Crippen LogP contribution in [-0.4, -0.2) is 111 Å². The van der Waals surface area contributed by atoms with Crippen molar-refractivity contribution >= 4 is 48.1 Å². The molecule has 2 unspecified atom stereocenters. The van der Waals surface area contributed by atoms with E-state index in [1.54, 1.807) is 13.8 Å². The van der Waals surface area contributed by atoms with Gasteiger partial charge >= 0.3 is 41.8 Å². The minimum atomic E-state index is -1.59. The fraction of sp³-hybridized carbons (Fsp3) is 0.636. The predicted molar refractivity (Wildman–Crippen MR) is 220 cm³/mol. The summed E-state index contributed by atoms with van der Waals surface area (Å²) >= 11 is 0. The van der Waals surface area contributed by atoms with Crippen LogP contribution in [0.4, 0.5) is 0 Å². The molecule has 1 aliphatic heterocycles. The molecule has 0 aromatic heterocycles. The lowest BCUT2D eigenvalue weighted by Crippen LogP contribution is -2.58. The Kier molecular flexibility index (Phi) is 27.4. The third kappa shape index (κ3) is 22.9. The van der Waals surface area contributed by atoms with Crippen molar-refractivity contribution < 1.29 is 81.0 Å². The average molecular weight is 867 g/mol. The fourth-order valence-electron chi connectivity index (χ4n) is 4.94. The van der Waals surface area contributed by atoms with Gasteiger partial charge in [-0.1, -0.05) is 33.7 Å². The third-order valence-corrected chi connectivity index (χ3v) is 8.77. The summed E-state index contributed by atoms with van der Waals surface area (Å²) < 4.78 is 49.4. The van der Waals surface area contributed by atoms with Gasteiger partial charge in [-0.25, -0.2) is 14.4 Å². The van der Waals surface area contributed by atoms with Gasteiger partial charge in [-0.05, 0) is 91.6 Å². The summed E-state index contributed by atoms with van der Waals surface area (Å²) in [6.07, 6.45) is -3.66. The first-order valence-electron chi connectivity index (χ1n) is 19.9. The molecule has 1 heterocycles. The molecule has 17 heteroatoms. The van der Waals surface area contributed by atoms with Gasteiger partial charge in [0.1, 0.15) is 5.60 Å². The van der Waals surface area contributed by atoms with Gasteiger partial charge < -0.3 is 42.6 Å². The van der Waals surface area contributed by atoms with Crippen molar-refractivity contribution in [2.24, 2.45) is 0 Å². The van der Waals surface area contributed by atoms with Crippen LogP contribution in [0.3, 0.4) is 0 Å². The van der Waals surface area contributed by atoms with Gasteiger partial charge in [0, 0.05) is 49.0 Å². The zero-order chi connectivity index (χ0) is 45.3. The summed E-state index contributed by atoms with van der Waals surface area (Å²) in [6, 6.07) is 0. The fourth-order valence-corrected chi connectivity index (χ4v) is 4.94. The molecular formula is C44H66O17. The summed E-state index contributed by atoms with van der Waals surface area (Å²) in [7, 11) is 0. The largest absolute Gasteiger partial charge is 0.462 e.